The maximum Gasteiger partial charge on any atom is 0.354 e. The van der Waals surface area contributed by atoms with Crippen LogP contribution in [0.2, 0.25) is 0 Å². The average Bonchev–Trinajstić information content (AvgIpc) is 3.12. The zero-order valence-corrected chi connectivity index (χ0v) is 21.1. The molecular formula is C21H30N4O3S3. The highest BCUT2D eigenvalue weighted by atomic mass is 32.2. The number of thiophene rings is 1. The molecule has 0 aliphatic carbocycles. The molecule has 0 spiro atoms. The van der Waals surface area contributed by atoms with E-state index in [1.54, 1.807) is 32.0 Å². The standard InChI is InChI=1S/C21H28N4O3S2.H2S/c1-12(2)15-9-14(11-22)10-16(13(3)4)19(15)24-20(26)25-30(23,28)18-8-7-17(29-18)21(5,6)27;/h7-10,12-13,27H,1-6H3,(H3,23,24,25,26,28);1H2. The fourth-order valence-electron chi connectivity index (χ4n) is 2.91. The molecule has 0 aliphatic rings. The number of hydrogen-bond acceptors (Lipinski definition) is 5. The van der Waals surface area contributed by atoms with E-state index < -0.39 is 21.5 Å². The molecule has 0 aliphatic heterocycles. The molecule has 0 radical (unpaired) electrons. The summed E-state index contributed by atoms with van der Waals surface area (Å²) < 4.78 is 16.8. The van der Waals surface area contributed by atoms with Crippen molar-refractivity contribution >= 4 is 46.5 Å². The van der Waals surface area contributed by atoms with Gasteiger partial charge >= 0.3 is 6.03 Å². The monoisotopic (exact) mass is 482 g/mol. The van der Waals surface area contributed by atoms with Crippen molar-refractivity contribution in [3.63, 3.8) is 0 Å². The zero-order valence-electron chi connectivity index (χ0n) is 18.5. The summed E-state index contributed by atoms with van der Waals surface area (Å²) in [4.78, 5) is 13.2. The summed E-state index contributed by atoms with van der Waals surface area (Å²) in [6.45, 7) is 11.1. The summed E-state index contributed by atoms with van der Waals surface area (Å²) in [6, 6.07) is 7.93. The highest BCUT2D eigenvalue weighted by Gasteiger charge is 2.23. The Morgan fingerprint density at radius 1 is 1.23 bits per heavy atom. The largest absolute Gasteiger partial charge is 0.385 e. The van der Waals surface area contributed by atoms with Gasteiger partial charge in [-0.05, 0) is 61.1 Å². The van der Waals surface area contributed by atoms with Crippen LogP contribution >= 0.6 is 24.8 Å². The second-order valence-corrected chi connectivity index (χ2v) is 11.3. The molecule has 0 saturated heterocycles. The molecule has 1 aromatic heterocycles. The summed E-state index contributed by atoms with van der Waals surface area (Å²) in [7, 11) is -3.48. The number of nitrogens with zero attached hydrogens (tertiary/aromatic N) is 2. The maximum absolute atomic E-state index is 12.9. The van der Waals surface area contributed by atoms with Gasteiger partial charge < -0.3 is 10.4 Å². The number of nitrogens with one attached hydrogen (secondary N) is 1. The van der Waals surface area contributed by atoms with Crippen LogP contribution in [-0.4, -0.2) is 15.3 Å². The van der Waals surface area contributed by atoms with Gasteiger partial charge in [0.2, 0.25) is 0 Å². The van der Waals surface area contributed by atoms with Crippen molar-refractivity contribution in [1.29, 1.82) is 5.26 Å². The number of benzene rings is 1. The lowest BCUT2D eigenvalue weighted by molar-refractivity contribution is 0.0825. The first-order chi connectivity index (χ1) is 13.8. The minimum atomic E-state index is -3.48. The van der Waals surface area contributed by atoms with E-state index in [0.717, 1.165) is 22.5 Å². The Hall–Kier alpha value is -1.90. The van der Waals surface area contributed by atoms with Gasteiger partial charge in [0.1, 0.15) is 4.21 Å². The lowest BCUT2D eigenvalue weighted by Gasteiger charge is -2.20. The number of urea groups is 1. The van der Waals surface area contributed by atoms with E-state index in [2.05, 4.69) is 15.7 Å². The van der Waals surface area contributed by atoms with Gasteiger partial charge in [0.15, 0.2) is 9.92 Å². The smallest absolute Gasteiger partial charge is 0.354 e. The van der Waals surface area contributed by atoms with Crippen LogP contribution in [0.3, 0.4) is 0 Å². The molecule has 10 heteroatoms. The van der Waals surface area contributed by atoms with Crippen LogP contribution < -0.4 is 10.5 Å². The van der Waals surface area contributed by atoms with Crippen molar-refractivity contribution in [2.45, 2.75) is 63.2 Å². The molecular weight excluding hydrogens is 452 g/mol. The molecule has 0 fully saturated rings. The lowest BCUT2D eigenvalue weighted by Crippen LogP contribution is -2.18. The molecule has 1 atom stereocenters. The Balaban J connectivity index is 0.00000480. The number of anilines is 1. The molecule has 2 amide bonds. The fraction of sp³-hybridized carbons (Fsp3) is 0.429. The Bertz CT molecular complexity index is 1090. The number of nitriles is 1. The zero-order chi connectivity index (χ0) is 22.9. The molecule has 31 heavy (non-hydrogen) atoms. The molecule has 2 rings (SSSR count). The van der Waals surface area contributed by atoms with Crippen molar-refractivity contribution in [3.05, 3.63) is 45.8 Å². The van der Waals surface area contributed by atoms with Crippen LogP contribution in [0.15, 0.2) is 32.8 Å². The number of rotatable bonds is 5. The van der Waals surface area contributed by atoms with Crippen LogP contribution in [0.5, 0.6) is 0 Å². The first-order valence-corrected chi connectivity index (χ1v) is 11.9. The molecule has 0 saturated carbocycles. The van der Waals surface area contributed by atoms with E-state index in [9.17, 15) is 19.4 Å². The van der Waals surface area contributed by atoms with E-state index in [1.807, 2.05) is 27.7 Å². The third-order valence-corrected chi connectivity index (χ3v) is 7.80. The van der Waals surface area contributed by atoms with Gasteiger partial charge in [-0.3, -0.25) is 0 Å². The number of nitrogens with two attached hydrogens (primary N) is 1. The van der Waals surface area contributed by atoms with Gasteiger partial charge in [-0.1, -0.05) is 27.7 Å². The third kappa shape index (κ3) is 6.54. The van der Waals surface area contributed by atoms with Gasteiger partial charge in [0.25, 0.3) is 0 Å². The first kappa shape index (κ1) is 27.1. The lowest BCUT2D eigenvalue weighted by atomic mass is 9.90. The SMILES string of the molecule is CC(C)c1cc(C#N)cc(C(C)C)c1NC(=O)N=S(N)(=O)c1ccc(C(C)(C)O)s1.S. The molecule has 0 bridgehead atoms. The Morgan fingerprint density at radius 3 is 2.13 bits per heavy atom. The minimum Gasteiger partial charge on any atom is -0.385 e. The second kappa shape index (κ2) is 10.1. The normalized spacial score (nSPS) is 13.3. The van der Waals surface area contributed by atoms with E-state index in [-0.39, 0.29) is 29.5 Å². The Morgan fingerprint density at radius 2 is 1.74 bits per heavy atom. The fourth-order valence-corrected chi connectivity index (χ4v) is 5.15. The average molecular weight is 483 g/mol. The summed E-state index contributed by atoms with van der Waals surface area (Å²) in [5, 5.41) is 28.0. The first-order valence-electron chi connectivity index (χ1n) is 9.52. The van der Waals surface area contributed by atoms with Crippen LogP contribution in [0.1, 0.15) is 74.9 Å². The van der Waals surface area contributed by atoms with Crippen LogP contribution in [0, 0.1) is 11.3 Å². The van der Waals surface area contributed by atoms with Crippen LogP contribution in [-0.2, 0) is 15.5 Å². The van der Waals surface area contributed by atoms with Gasteiger partial charge in [0, 0.05) is 10.6 Å². The van der Waals surface area contributed by atoms with Crippen molar-refractivity contribution in [2.75, 3.05) is 5.32 Å². The van der Waals surface area contributed by atoms with Gasteiger partial charge in [-0.25, -0.2) is 14.1 Å². The quantitative estimate of drug-likeness (QED) is 0.545. The molecule has 7 nitrogen and oxygen atoms in total. The molecule has 4 N–H and O–H groups in total. The van der Waals surface area contributed by atoms with Crippen molar-refractivity contribution in [3.8, 4) is 6.07 Å². The predicted molar refractivity (Wildman–Crippen MR) is 131 cm³/mol. The molecule has 170 valence electrons. The van der Waals surface area contributed by atoms with E-state index >= 15 is 0 Å². The number of amides is 2. The predicted octanol–water partition coefficient (Wildman–Crippen LogP) is 5.14. The second-order valence-electron chi connectivity index (χ2n) is 8.22. The molecule has 1 heterocycles. The van der Waals surface area contributed by atoms with E-state index in [4.69, 9.17) is 5.14 Å². The van der Waals surface area contributed by atoms with Gasteiger partial charge in [0.05, 0.1) is 17.2 Å². The minimum absolute atomic E-state index is 0. The van der Waals surface area contributed by atoms with E-state index in [0.29, 0.717) is 16.1 Å². The molecule has 1 aromatic carbocycles. The van der Waals surface area contributed by atoms with Crippen molar-refractivity contribution in [2.24, 2.45) is 9.50 Å². The van der Waals surface area contributed by atoms with Crippen LogP contribution in [0.4, 0.5) is 10.5 Å². The third-order valence-electron chi connectivity index (χ3n) is 4.50. The van der Waals surface area contributed by atoms with Gasteiger partial charge in [-0.15, -0.1) is 15.7 Å². The van der Waals surface area contributed by atoms with Gasteiger partial charge in [-0.2, -0.15) is 18.8 Å². The highest BCUT2D eigenvalue weighted by molar-refractivity contribution is 7.93. The van der Waals surface area contributed by atoms with E-state index in [1.165, 1.54) is 6.07 Å². The number of carbonyl (C=O) groups excluding carboxylic acids is 1. The summed E-state index contributed by atoms with van der Waals surface area (Å²) in [5.74, 6) is 0.0833. The summed E-state index contributed by atoms with van der Waals surface area (Å²) >= 11 is 1.06. The summed E-state index contributed by atoms with van der Waals surface area (Å²) in [5.41, 5.74) is 1.56. The number of carbonyl (C=O) groups is 1. The Kier molecular flexibility index (Phi) is 8.88. The van der Waals surface area contributed by atoms with Crippen molar-refractivity contribution < 1.29 is 14.1 Å². The van der Waals surface area contributed by atoms with Crippen LogP contribution in [0.25, 0.3) is 0 Å². The summed E-state index contributed by atoms with van der Waals surface area (Å²) in [6.07, 6.45) is 0. The maximum atomic E-state index is 12.9. The van der Waals surface area contributed by atoms with Crippen molar-refractivity contribution in [1.82, 2.24) is 0 Å². The number of hydrogen-bond donors (Lipinski definition) is 3. The molecule has 2 aromatic rings. The number of aliphatic hydroxyl groups is 1. The topological polar surface area (TPSA) is 129 Å². The molecule has 1 unspecified atom stereocenters. The highest BCUT2D eigenvalue weighted by Crippen LogP contribution is 2.34. The Labute approximate surface area is 195 Å².